The Labute approximate surface area is 239 Å². The summed E-state index contributed by atoms with van der Waals surface area (Å²) >= 11 is 0. The van der Waals surface area contributed by atoms with Crippen LogP contribution in [0.5, 0.6) is 11.5 Å². The molecule has 0 spiro atoms. The van der Waals surface area contributed by atoms with E-state index in [1.807, 2.05) is 0 Å². The van der Waals surface area contributed by atoms with E-state index in [1.165, 1.54) is 27.7 Å². The van der Waals surface area contributed by atoms with Gasteiger partial charge in [-0.15, -0.1) is 0 Å². The summed E-state index contributed by atoms with van der Waals surface area (Å²) in [6.45, 7) is 2.52. The predicted octanol–water partition coefficient (Wildman–Crippen LogP) is 2.05. The molecule has 40 heavy (non-hydrogen) atoms. The molecule has 4 atom stereocenters. The number of guanidine groups is 1. The lowest BCUT2D eigenvalue weighted by Crippen LogP contribution is -2.40. The van der Waals surface area contributed by atoms with Gasteiger partial charge in [0.25, 0.3) is 0 Å². The normalized spacial score (nSPS) is 27.3. The maximum Gasteiger partial charge on any atom is 0.196 e. The largest absolute Gasteiger partial charge is 0.489 e. The zero-order chi connectivity index (χ0) is 28.8. The highest BCUT2D eigenvalue weighted by Crippen LogP contribution is 2.54. The van der Waals surface area contributed by atoms with E-state index in [0.717, 1.165) is 25.7 Å². The van der Waals surface area contributed by atoms with Crippen LogP contribution in [0.1, 0.15) is 74.2 Å². The number of aliphatic hydroxyl groups is 4. The fraction of sp³-hybridized carbons (Fsp3) is 0.630. The fourth-order valence-electron chi connectivity index (χ4n) is 5.69. The van der Waals surface area contributed by atoms with Gasteiger partial charge in [0.2, 0.25) is 0 Å². The summed E-state index contributed by atoms with van der Waals surface area (Å²) in [6.07, 6.45) is 1.94. The molecule has 0 amide bonds. The fourth-order valence-corrected chi connectivity index (χ4v) is 8.61. The van der Waals surface area contributed by atoms with Crippen LogP contribution in [-0.2, 0) is 6.42 Å². The smallest absolute Gasteiger partial charge is 0.196 e. The molecule has 0 radical (unpaired) electrons. The molecule has 4 unspecified atom stereocenters. The highest BCUT2D eigenvalue weighted by atomic mass is 33.1. The van der Waals surface area contributed by atoms with E-state index < -0.39 is 40.6 Å². The molecule has 0 saturated heterocycles. The predicted molar refractivity (Wildman–Crippen MR) is 155 cm³/mol. The van der Waals surface area contributed by atoms with Crippen LogP contribution in [0.3, 0.4) is 0 Å². The van der Waals surface area contributed by atoms with Crippen molar-refractivity contribution < 1.29 is 34.3 Å². The lowest BCUT2D eigenvalue weighted by molar-refractivity contribution is -0.0233. The van der Waals surface area contributed by atoms with Crippen molar-refractivity contribution in [1.82, 2.24) is 0 Å². The third-order valence-corrected chi connectivity index (χ3v) is 10.7. The van der Waals surface area contributed by atoms with E-state index in [1.54, 1.807) is 13.8 Å². The SMILES string of the molecule is CC(C)(O)C1Cc2c(c3c4oc(cc(=O)c4c2OC2CCCC2)C(O)CC(CO)(N=C(N)N)CSSC3CO)O1. The van der Waals surface area contributed by atoms with E-state index >= 15 is 0 Å². The van der Waals surface area contributed by atoms with Gasteiger partial charge in [0.15, 0.2) is 11.4 Å². The average Bonchev–Trinajstić information content (AvgIpc) is 3.56. The van der Waals surface area contributed by atoms with Crippen LogP contribution >= 0.6 is 21.6 Å². The average molecular weight is 596 g/mol. The van der Waals surface area contributed by atoms with Crippen molar-refractivity contribution in [3.05, 3.63) is 33.2 Å². The lowest BCUT2D eigenvalue weighted by atomic mass is 9.93. The van der Waals surface area contributed by atoms with Crippen molar-refractivity contribution in [2.45, 2.75) is 87.1 Å². The molecule has 2 bridgehead atoms. The zero-order valence-corrected chi connectivity index (χ0v) is 24.2. The van der Waals surface area contributed by atoms with Gasteiger partial charge in [0, 0.05) is 30.2 Å². The Hall–Kier alpha value is -2.16. The van der Waals surface area contributed by atoms with Crippen LogP contribution in [0.2, 0.25) is 0 Å². The van der Waals surface area contributed by atoms with Crippen molar-refractivity contribution in [2.75, 3.05) is 19.0 Å². The summed E-state index contributed by atoms with van der Waals surface area (Å²) in [5, 5.41) is 42.6. The van der Waals surface area contributed by atoms with Crippen molar-refractivity contribution in [3.63, 3.8) is 0 Å². The molecule has 2 aliphatic heterocycles. The second-order valence-electron chi connectivity index (χ2n) is 11.4. The van der Waals surface area contributed by atoms with Gasteiger partial charge in [-0.05, 0) is 39.5 Å². The molecule has 1 fully saturated rings. The molecular formula is C27H37N3O8S2. The van der Waals surface area contributed by atoms with Crippen LogP contribution < -0.4 is 26.4 Å². The molecule has 8 N–H and O–H groups in total. The third kappa shape index (κ3) is 5.51. The van der Waals surface area contributed by atoms with E-state index in [-0.39, 0.29) is 47.6 Å². The Kier molecular flexibility index (Phi) is 8.25. The summed E-state index contributed by atoms with van der Waals surface area (Å²) in [6, 6.07) is 1.23. The quantitative estimate of drug-likeness (QED) is 0.162. The Morgan fingerprint density at radius 1 is 1.27 bits per heavy atom. The lowest BCUT2D eigenvalue weighted by Gasteiger charge is -2.29. The molecule has 2 aromatic rings. The molecule has 1 aromatic carbocycles. The molecule has 13 heteroatoms. The first-order valence-corrected chi connectivity index (χ1v) is 15.9. The summed E-state index contributed by atoms with van der Waals surface area (Å²) in [5.74, 6) is 0.697. The maximum absolute atomic E-state index is 13.8. The van der Waals surface area contributed by atoms with Gasteiger partial charge in [-0.1, -0.05) is 21.6 Å². The maximum atomic E-state index is 13.8. The highest BCUT2D eigenvalue weighted by Gasteiger charge is 2.43. The molecule has 3 aliphatic rings. The second kappa shape index (κ2) is 11.3. The van der Waals surface area contributed by atoms with E-state index in [9.17, 15) is 25.2 Å². The van der Waals surface area contributed by atoms with Crippen LogP contribution in [0.15, 0.2) is 20.3 Å². The van der Waals surface area contributed by atoms with Crippen molar-refractivity contribution in [2.24, 2.45) is 16.5 Å². The number of aliphatic hydroxyl groups excluding tert-OH is 3. The van der Waals surface area contributed by atoms with Crippen LogP contribution in [0, 0.1) is 0 Å². The number of rotatable bonds is 6. The minimum Gasteiger partial charge on any atom is -0.489 e. The number of hydrogen-bond acceptors (Lipinski definition) is 11. The molecule has 11 nitrogen and oxygen atoms in total. The summed E-state index contributed by atoms with van der Waals surface area (Å²) in [5.41, 5.74) is 9.73. The van der Waals surface area contributed by atoms with Crippen molar-refractivity contribution in [1.29, 1.82) is 0 Å². The van der Waals surface area contributed by atoms with Gasteiger partial charge in [-0.25, -0.2) is 4.99 Å². The van der Waals surface area contributed by atoms with Gasteiger partial charge in [-0.3, -0.25) is 4.79 Å². The number of nitrogens with two attached hydrogens (primary N) is 2. The first-order valence-electron chi connectivity index (χ1n) is 13.5. The van der Waals surface area contributed by atoms with Crippen molar-refractivity contribution >= 4 is 38.5 Å². The minimum atomic E-state index is -1.33. The zero-order valence-electron chi connectivity index (χ0n) is 22.6. The number of hydrogen-bond donors (Lipinski definition) is 6. The van der Waals surface area contributed by atoms with Gasteiger partial charge < -0.3 is 45.8 Å². The highest BCUT2D eigenvalue weighted by molar-refractivity contribution is 8.76. The van der Waals surface area contributed by atoms with Crippen LogP contribution in [0.4, 0.5) is 0 Å². The minimum absolute atomic E-state index is 0.0280. The molecule has 5 rings (SSSR count). The van der Waals surface area contributed by atoms with Gasteiger partial charge in [-0.2, -0.15) is 0 Å². The molecule has 1 aromatic heterocycles. The Morgan fingerprint density at radius 2 is 2.00 bits per heavy atom. The number of nitrogens with zero attached hydrogens (tertiary/aromatic N) is 1. The molecule has 3 heterocycles. The molecule has 220 valence electrons. The Bertz CT molecular complexity index is 1350. The van der Waals surface area contributed by atoms with Crippen LogP contribution in [0.25, 0.3) is 11.0 Å². The topological polar surface area (TPSA) is 194 Å². The van der Waals surface area contributed by atoms with Crippen LogP contribution in [-0.4, -0.2) is 68.7 Å². The molecular weight excluding hydrogens is 558 g/mol. The Balaban J connectivity index is 1.76. The third-order valence-electron chi connectivity index (χ3n) is 7.82. The summed E-state index contributed by atoms with van der Waals surface area (Å²) in [4.78, 5) is 18.1. The summed E-state index contributed by atoms with van der Waals surface area (Å²) < 4.78 is 19.2. The van der Waals surface area contributed by atoms with Gasteiger partial charge in [0.05, 0.1) is 35.7 Å². The standard InChI is InChI=1S/C27H37N3O8S2/c1-26(2,35)19-7-14-22(36-13-5-3-4-6-13)20-15(33)8-17-16(34)9-27(11-32,30-25(28)29)12-39-40-18(10-31)21(23(14)38-19)24(20)37-17/h8,13,16,18-19,31-32,34-35H,3-7,9-12H2,1-2H3,(H4,28,29,30). The molecule has 1 saturated carbocycles. The molecule has 1 aliphatic carbocycles. The number of ether oxygens (including phenoxy) is 2. The van der Waals surface area contributed by atoms with Gasteiger partial charge >= 0.3 is 0 Å². The first-order chi connectivity index (χ1) is 19.0. The van der Waals surface area contributed by atoms with E-state index in [4.69, 9.17) is 25.4 Å². The van der Waals surface area contributed by atoms with Gasteiger partial charge in [0.1, 0.15) is 46.0 Å². The Morgan fingerprint density at radius 3 is 2.62 bits per heavy atom. The monoisotopic (exact) mass is 595 g/mol. The second-order valence-corrected chi connectivity index (χ2v) is 14.0. The van der Waals surface area contributed by atoms with E-state index in [0.29, 0.717) is 29.0 Å². The van der Waals surface area contributed by atoms with Crippen molar-refractivity contribution in [3.8, 4) is 11.5 Å². The number of aliphatic imine (C=N–C) groups is 1. The first kappa shape index (κ1) is 29.3. The van der Waals surface area contributed by atoms with E-state index in [2.05, 4.69) is 4.99 Å². The number of fused-ring (bicyclic) bond motifs is 3. The summed E-state index contributed by atoms with van der Waals surface area (Å²) in [7, 11) is 2.61. The number of benzene rings is 1.